The summed E-state index contributed by atoms with van der Waals surface area (Å²) in [6.07, 6.45) is 3.52. The van der Waals surface area contributed by atoms with Crippen molar-refractivity contribution in [3.63, 3.8) is 0 Å². The van der Waals surface area contributed by atoms with Crippen LogP contribution in [0, 0.1) is 0 Å². The maximum atomic E-state index is 12.8. The summed E-state index contributed by atoms with van der Waals surface area (Å²) in [6, 6.07) is 31.6. The number of thioether (sulfide) groups is 1. The van der Waals surface area contributed by atoms with E-state index in [1.807, 2.05) is 103 Å². The summed E-state index contributed by atoms with van der Waals surface area (Å²) < 4.78 is 0. The number of halogens is 1. The molecule has 166 valence electrons. The summed E-state index contributed by atoms with van der Waals surface area (Å²) in [7, 11) is 1.96. The van der Waals surface area contributed by atoms with E-state index in [4.69, 9.17) is 11.6 Å². The Hall–Kier alpha value is -3.60. The highest BCUT2D eigenvalue weighted by molar-refractivity contribution is 8.03. The van der Waals surface area contributed by atoms with Crippen LogP contribution in [0.4, 0.5) is 5.69 Å². The molecule has 1 aliphatic heterocycles. The van der Waals surface area contributed by atoms with Crippen LogP contribution in [-0.4, -0.2) is 17.8 Å². The molecule has 0 bridgehead atoms. The zero-order valence-electron chi connectivity index (χ0n) is 18.5. The highest BCUT2D eigenvalue weighted by atomic mass is 35.5. The molecule has 0 amide bonds. The van der Waals surface area contributed by atoms with E-state index in [1.165, 1.54) is 5.39 Å². The van der Waals surface area contributed by atoms with E-state index in [0.717, 1.165) is 37.5 Å². The van der Waals surface area contributed by atoms with E-state index < -0.39 is 0 Å². The number of ketones is 1. The van der Waals surface area contributed by atoms with E-state index in [2.05, 4.69) is 17.1 Å². The summed E-state index contributed by atoms with van der Waals surface area (Å²) >= 11 is 7.67. The fraction of sp³-hybridized carbons (Fsp3) is 0.0345. The number of nitrogens with zero attached hydrogens (tertiary/aromatic N) is 2. The molecule has 0 N–H and O–H groups in total. The second kappa shape index (κ2) is 9.72. The number of aromatic nitrogens is 1. The van der Waals surface area contributed by atoms with Crippen molar-refractivity contribution in [1.82, 2.24) is 4.98 Å². The Morgan fingerprint density at radius 2 is 1.62 bits per heavy atom. The highest BCUT2D eigenvalue weighted by Crippen LogP contribution is 2.46. The maximum Gasteiger partial charge on any atom is 0.189 e. The van der Waals surface area contributed by atoms with Gasteiger partial charge in [0.15, 0.2) is 5.78 Å². The summed E-state index contributed by atoms with van der Waals surface area (Å²) in [5.41, 5.74) is 2.82. The topological polar surface area (TPSA) is 33.2 Å². The Morgan fingerprint density at radius 1 is 0.882 bits per heavy atom. The minimum absolute atomic E-state index is 0.0139. The Morgan fingerprint density at radius 3 is 2.47 bits per heavy atom. The SMILES string of the molecule is CN1C(=CC(=O)c2cccc3ccccc23)Sc2ccc(Cl)cc21.c1ccc2ncccc2c1. The number of hydrogen-bond acceptors (Lipinski definition) is 4. The monoisotopic (exact) mass is 480 g/mol. The molecule has 0 fully saturated rings. The summed E-state index contributed by atoms with van der Waals surface area (Å²) in [5, 5.41) is 4.86. The average molecular weight is 481 g/mol. The van der Waals surface area contributed by atoms with Crippen molar-refractivity contribution in [3.8, 4) is 0 Å². The lowest BCUT2D eigenvalue weighted by Crippen LogP contribution is -2.11. The Kier molecular flexibility index (Phi) is 6.35. The molecule has 1 aliphatic rings. The molecule has 0 saturated carbocycles. The molecule has 2 heterocycles. The third kappa shape index (κ3) is 4.56. The van der Waals surface area contributed by atoms with Gasteiger partial charge < -0.3 is 4.90 Å². The van der Waals surface area contributed by atoms with Gasteiger partial charge in [0, 0.05) is 40.2 Å². The largest absolute Gasteiger partial charge is 0.338 e. The van der Waals surface area contributed by atoms with Crippen molar-refractivity contribution in [2.75, 3.05) is 11.9 Å². The molecule has 3 nitrogen and oxygen atoms in total. The van der Waals surface area contributed by atoms with Gasteiger partial charge in [-0.15, -0.1) is 0 Å². The van der Waals surface area contributed by atoms with Gasteiger partial charge in [-0.05, 0) is 41.1 Å². The molecule has 4 aromatic carbocycles. The zero-order chi connectivity index (χ0) is 23.5. The van der Waals surface area contributed by atoms with Crippen LogP contribution in [0.15, 0.2) is 119 Å². The minimum Gasteiger partial charge on any atom is -0.338 e. The lowest BCUT2D eigenvalue weighted by atomic mass is 10.0. The molecule has 0 atom stereocenters. The fourth-order valence-electron chi connectivity index (χ4n) is 3.91. The van der Waals surface area contributed by atoms with Crippen LogP contribution < -0.4 is 4.90 Å². The van der Waals surface area contributed by atoms with Gasteiger partial charge >= 0.3 is 0 Å². The standard InChI is InChI=1S/C20H14ClNOS.C9H7N/c1-22-17-11-14(21)9-10-19(17)24-20(22)12-18(23)16-8-4-6-13-5-2-3-7-15(13)16;1-2-6-9-8(4-1)5-3-7-10-9/h2-12H,1H3;1-7H. The number of pyridine rings is 1. The number of fused-ring (bicyclic) bond motifs is 3. The molecule has 0 radical (unpaired) electrons. The quantitative estimate of drug-likeness (QED) is 0.189. The number of rotatable bonds is 2. The molecule has 0 spiro atoms. The van der Waals surface area contributed by atoms with Crippen LogP contribution in [0.5, 0.6) is 0 Å². The molecular formula is C29H21ClN2OS. The Balaban J connectivity index is 0.000000200. The minimum atomic E-state index is 0.0139. The molecule has 6 rings (SSSR count). The first-order valence-electron chi connectivity index (χ1n) is 10.8. The second-order valence-electron chi connectivity index (χ2n) is 7.84. The molecule has 5 aromatic rings. The Bertz CT molecular complexity index is 1480. The van der Waals surface area contributed by atoms with Crippen molar-refractivity contribution in [2.24, 2.45) is 0 Å². The lowest BCUT2D eigenvalue weighted by molar-refractivity contribution is 0.104. The summed E-state index contributed by atoms with van der Waals surface area (Å²) in [4.78, 5) is 20.1. The first-order chi connectivity index (χ1) is 16.6. The molecule has 0 unspecified atom stereocenters. The smallest absolute Gasteiger partial charge is 0.189 e. The number of para-hydroxylation sites is 1. The van der Waals surface area contributed by atoms with Gasteiger partial charge in [-0.25, -0.2) is 0 Å². The van der Waals surface area contributed by atoms with Gasteiger partial charge in [0.05, 0.1) is 16.2 Å². The number of anilines is 1. The van der Waals surface area contributed by atoms with Gasteiger partial charge in [-0.1, -0.05) is 90.1 Å². The maximum absolute atomic E-state index is 12.8. The lowest BCUT2D eigenvalue weighted by Gasteiger charge is -2.13. The normalized spacial score (nSPS) is 13.6. The molecular weight excluding hydrogens is 460 g/mol. The average Bonchev–Trinajstić information content (AvgIpc) is 3.18. The van der Waals surface area contributed by atoms with Crippen LogP contribution in [0.1, 0.15) is 10.4 Å². The number of benzene rings is 4. The van der Waals surface area contributed by atoms with Gasteiger partial charge in [-0.3, -0.25) is 9.78 Å². The van der Waals surface area contributed by atoms with Gasteiger partial charge in [0.2, 0.25) is 0 Å². The van der Waals surface area contributed by atoms with Crippen LogP contribution in [0.25, 0.3) is 21.7 Å². The summed E-state index contributed by atoms with van der Waals surface area (Å²) in [5.74, 6) is 0.0139. The van der Waals surface area contributed by atoms with Crippen molar-refractivity contribution in [1.29, 1.82) is 0 Å². The van der Waals surface area contributed by atoms with E-state index >= 15 is 0 Å². The first kappa shape index (κ1) is 22.2. The highest BCUT2D eigenvalue weighted by Gasteiger charge is 2.23. The van der Waals surface area contributed by atoms with Crippen LogP contribution >= 0.6 is 23.4 Å². The van der Waals surface area contributed by atoms with E-state index in [9.17, 15) is 4.79 Å². The number of hydrogen-bond donors (Lipinski definition) is 0. The number of allylic oxidation sites excluding steroid dienone is 1. The van der Waals surface area contributed by atoms with Gasteiger partial charge in [0.1, 0.15) is 0 Å². The van der Waals surface area contributed by atoms with Crippen LogP contribution in [0.3, 0.4) is 0 Å². The van der Waals surface area contributed by atoms with Crippen molar-refractivity contribution >= 4 is 56.5 Å². The molecule has 5 heteroatoms. The predicted molar refractivity (Wildman–Crippen MR) is 144 cm³/mol. The van der Waals surface area contributed by atoms with Crippen LogP contribution in [-0.2, 0) is 0 Å². The van der Waals surface area contributed by atoms with E-state index in [0.29, 0.717) is 5.02 Å². The third-order valence-corrected chi connectivity index (χ3v) is 7.05. The molecule has 1 aromatic heterocycles. The van der Waals surface area contributed by atoms with Crippen LogP contribution in [0.2, 0.25) is 5.02 Å². The third-order valence-electron chi connectivity index (χ3n) is 5.65. The van der Waals surface area contributed by atoms with E-state index in [-0.39, 0.29) is 5.78 Å². The van der Waals surface area contributed by atoms with Crippen molar-refractivity contribution in [2.45, 2.75) is 4.90 Å². The van der Waals surface area contributed by atoms with Gasteiger partial charge in [-0.2, -0.15) is 0 Å². The van der Waals surface area contributed by atoms with Crippen molar-refractivity contribution < 1.29 is 4.79 Å². The zero-order valence-corrected chi connectivity index (χ0v) is 20.1. The van der Waals surface area contributed by atoms with Crippen molar-refractivity contribution in [3.05, 3.63) is 125 Å². The first-order valence-corrected chi connectivity index (χ1v) is 12.0. The summed E-state index contributed by atoms with van der Waals surface area (Å²) in [6.45, 7) is 0. The predicted octanol–water partition coefficient (Wildman–Crippen LogP) is 7.99. The van der Waals surface area contributed by atoms with Gasteiger partial charge in [0.25, 0.3) is 0 Å². The number of carbonyl (C=O) groups excluding carboxylic acids is 1. The fourth-order valence-corrected chi connectivity index (χ4v) is 5.14. The van der Waals surface area contributed by atoms with E-state index in [1.54, 1.807) is 17.8 Å². The Labute approximate surface area is 207 Å². The second-order valence-corrected chi connectivity index (χ2v) is 9.34. The molecule has 0 saturated heterocycles. The molecule has 34 heavy (non-hydrogen) atoms. The molecule has 0 aliphatic carbocycles. The number of carbonyl (C=O) groups is 1.